The Kier molecular flexibility index (Phi) is 8.66. The fourth-order valence-electron chi connectivity index (χ4n) is 14.2. The van der Waals surface area contributed by atoms with E-state index in [4.69, 9.17) is 13.3 Å². The zero-order valence-electron chi connectivity index (χ0n) is 43.7. The van der Waals surface area contributed by atoms with Crippen molar-refractivity contribution >= 4 is 163 Å². The molecule has 0 N–H and O–H groups in total. The summed E-state index contributed by atoms with van der Waals surface area (Å²) in [6.45, 7) is 0. The molecule has 0 spiro atoms. The zero-order chi connectivity index (χ0) is 54.3. The fourth-order valence-corrected chi connectivity index (χ4v) is 15.4. The van der Waals surface area contributed by atoms with Gasteiger partial charge in [-0.15, -0.1) is 11.3 Å². The Hall–Kier alpha value is -11.4. The van der Waals surface area contributed by atoms with Crippen LogP contribution in [-0.4, -0.2) is 13.7 Å². The predicted octanol–water partition coefficient (Wildman–Crippen LogP) is 20.5. The van der Waals surface area contributed by atoms with Crippen LogP contribution < -0.4 is 0 Å². The molecule has 0 bridgehead atoms. The summed E-state index contributed by atoms with van der Waals surface area (Å²) in [6, 6.07) is 83.4. The van der Waals surface area contributed by atoms with E-state index in [1.54, 1.807) is 11.3 Å². The Morgan fingerprint density at radius 1 is 0.301 bits per heavy atom. The highest BCUT2D eigenvalue weighted by Crippen LogP contribution is 2.53. The van der Waals surface area contributed by atoms with Gasteiger partial charge in [0, 0.05) is 79.8 Å². The first-order chi connectivity index (χ1) is 41.1. The molecule has 19 aromatic rings. The highest BCUT2D eigenvalue weighted by atomic mass is 32.1. The Balaban J connectivity index is 1.10. The van der Waals surface area contributed by atoms with Crippen molar-refractivity contribution in [2.24, 2.45) is 0 Å². The maximum Gasteiger partial charge on any atom is 0.145 e. The molecule has 0 aliphatic rings. The summed E-state index contributed by atoms with van der Waals surface area (Å²) in [5.41, 5.74) is 13.6. The van der Waals surface area contributed by atoms with Crippen LogP contribution in [0.3, 0.4) is 0 Å². The number of para-hydroxylation sites is 6. The molecule has 0 aliphatic heterocycles. The summed E-state index contributed by atoms with van der Waals surface area (Å²) in [7, 11) is 0. The Bertz CT molecular complexity index is 6240. The highest BCUT2D eigenvalue weighted by molar-refractivity contribution is 7.26. The van der Waals surface area contributed by atoms with Crippen LogP contribution in [0.2, 0.25) is 0 Å². The van der Waals surface area contributed by atoms with Crippen molar-refractivity contribution in [1.29, 1.82) is 10.5 Å². The van der Waals surface area contributed by atoms with E-state index >= 15 is 0 Å². The zero-order valence-corrected chi connectivity index (χ0v) is 44.5. The number of hydrogen-bond acceptors (Lipinski definition) is 6. The van der Waals surface area contributed by atoms with E-state index in [1.807, 2.05) is 66.7 Å². The van der Waals surface area contributed by atoms with Gasteiger partial charge in [-0.3, -0.25) is 0 Å². The summed E-state index contributed by atoms with van der Waals surface area (Å²) < 4.78 is 29.7. The highest BCUT2D eigenvalue weighted by Gasteiger charge is 2.35. The van der Waals surface area contributed by atoms with Crippen molar-refractivity contribution < 1.29 is 13.3 Å². The van der Waals surface area contributed by atoms with Crippen molar-refractivity contribution in [3.8, 4) is 40.3 Å². The SMILES string of the molecule is N#Cc1c(-c2cccc3c2sc2ccccc23)c(-n2c3ccccc3c3c4oc5ccccc5c4ccc32)c(-n2c3ccccc3c3c4oc5ccccc5c4ccc32)c(C#N)c1-n1c2ccccc2c2c3oc4ccccc4c3ccc21. The van der Waals surface area contributed by atoms with Crippen LogP contribution in [0.4, 0.5) is 0 Å². The second kappa shape index (κ2) is 16.2. The minimum absolute atomic E-state index is 0.305. The molecule has 0 unspecified atom stereocenters. The number of nitriles is 2. The Morgan fingerprint density at radius 3 is 1.16 bits per heavy atom. The Labute approximate surface area is 473 Å². The average molecular weight is 1080 g/mol. The van der Waals surface area contributed by atoms with Gasteiger partial charge in [-0.2, -0.15) is 10.5 Å². The molecule has 19 rings (SSSR count). The van der Waals surface area contributed by atoms with Gasteiger partial charge in [-0.25, -0.2) is 0 Å². The molecule has 0 amide bonds. The molecular formula is C74H37N5O3S. The third-order valence-corrected chi connectivity index (χ3v) is 18.7. The molecule has 0 fully saturated rings. The number of furan rings is 3. The van der Waals surface area contributed by atoms with Crippen LogP contribution in [0, 0.1) is 22.7 Å². The van der Waals surface area contributed by atoms with Gasteiger partial charge in [-0.05, 0) is 78.9 Å². The molecule has 9 heteroatoms. The summed E-state index contributed by atoms with van der Waals surface area (Å²) in [5, 5.41) is 39.3. The number of aromatic nitrogens is 3. The van der Waals surface area contributed by atoms with E-state index in [1.165, 1.54) is 0 Å². The van der Waals surface area contributed by atoms with Gasteiger partial charge >= 0.3 is 0 Å². The van der Waals surface area contributed by atoms with E-state index in [-0.39, 0.29) is 0 Å². The van der Waals surface area contributed by atoms with Crippen LogP contribution >= 0.6 is 11.3 Å². The third-order valence-electron chi connectivity index (χ3n) is 17.5. The molecule has 382 valence electrons. The van der Waals surface area contributed by atoms with E-state index < -0.39 is 0 Å². The van der Waals surface area contributed by atoms with Crippen molar-refractivity contribution in [2.75, 3.05) is 0 Å². The fraction of sp³-hybridized carbons (Fsp3) is 0. The summed E-state index contributed by atoms with van der Waals surface area (Å²) in [5.74, 6) is 0. The predicted molar refractivity (Wildman–Crippen MR) is 339 cm³/mol. The van der Waals surface area contributed by atoms with Crippen molar-refractivity contribution in [1.82, 2.24) is 13.7 Å². The number of thiophene rings is 1. The minimum Gasteiger partial charge on any atom is -0.455 e. The van der Waals surface area contributed by atoms with E-state index in [2.05, 4.69) is 184 Å². The third kappa shape index (κ3) is 5.65. The first-order valence-corrected chi connectivity index (χ1v) is 28.4. The first kappa shape index (κ1) is 44.5. The molecule has 0 atom stereocenters. The lowest BCUT2D eigenvalue weighted by atomic mass is 9.90. The molecule has 83 heavy (non-hydrogen) atoms. The molecule has 0 aliphatic carbocycles. The van der Waals surface area contributed by atoms with Crippen LogP contribution in [0.25, 0.3) is 180 Å². The number of fused-ring (bicyclic) bond motifs is 24. The lowest BCUT2D eigenvalue weighted by molar-refractivity contribution is 0.672. The second-order valence-electron chi connectivity index (χ2n) is 21.5. The molecule has 0 saturated heterocycles. The molecule has 7 aromatic heterocycles. The van der Waals surface area contributed by atoms with Crippen LogP contribution in [0.15, 0.2) is 238 Å². The van der Waals surface area contributed by atoms with Gasteiger partial charge in [0.2, 0.25) is 0 Å². The molecule has 0 radical (unpaired) electrons. The van der Waals surface area contributed by atoms with Crippen molar-refractivity contribution in [3.05, 3.63) is 236 Å². The molecule has 8 nitrogen and oxygen atoms in total. The van der Waals surface area contributed by atoms with Crippen LogP contribution in [0.1, 0.15) is 11.1 Å². The molecule has 0 saturated carbocycles. The van der Waals surface area contributed by atoms with E-state index in [9.17, 15) is 10.5 Å². The molecule has 7 heterocycles. The van der Waals surface area contributed by atoms with E-state index in [0.29, 0.717) is 33.8 Å². The van der Waals surface area contributed by atoms with Crippen molar-refractivity contribution in [3.63, 3.8) is 0 Å². The number of hydrogen-bond donors (Lipinski definition) is 0. The molecular weight excluding hydrogens is 1040 g/mol. The maximum absolute atomic E-state index is 12.8. The second-order valence-corrected chi connectivity index (χ2v) is 22.6. The van der Waals surface area contributed by atoms with Gasteiger partial charge in [-0.1, -0.05) is 146 Å². The largest absolute Gasteiger partial charge is 0.455 e. The first-order valence-electron chi connectivity index (χ1n) is 27.6. The average Bonchev–Trinajstić information content (AvgIpc) is 1.79. The van der Waals surface area contributed by atoms with Crippen LogP contribution in [0.5, 0.6) is 0 Å². The van der Waals surface area contributed by atoms with Gasteiger partial charge in [0.15, 0.2) is 0 Å². The van der Waals surface area contributed by atoms with Gasteiger partial charge in [0.1, 0.15) is 51.2 Å². The lowest BCUT2D eigenvalue weighted by Gasteiger charge is -2.26. The molecule has 12 aromatic carbocycles. The summed E-state index contributed by atoms with van der Waals surface area (Å²) in [4.78, 5) is 0. The van der Waals surface area contributed by atoms with Gasteiger partial charge in [0.05, 0.1) is 71.9 Å². The quantitative estimate of drug-likeness (QED) is 0.175. The Morgan fingerprint density at radius 2 is 0.687 bits per heavy atom. The summed E-state index contributed by atoms with van der Waals surface area (Å²) in [6.07, 6.45) is 0. The smallest absolute Gasteiger partial charge is 0.145 e. The summed E-state index contributed by atoms with van der Waals surface area (Å²) >= 11 is 1.72. The number of nitrogens with zero attached hydrogens (tertiary/aromatic N) is 5. The minimum atomic E-state index is 0.305. The van der Waals surface area contributed by atoms with Crippen LogP contribution in [-0.2, 0) is 0 Å². The normalized spacial score (nSPS) is 12.3. The van der Waals surface area contributed by atoms with Gasteiger partial charge in [0.25, 0.3) is 0 Å². The number of benzene rings is 12. The monoisotopic (exact) mass is 1080 g/mol. The number of rotatable bonds is 4. The standard InChI is InChI=1S/C74H37N5O3S/c75-38-52-64(51-24-15-23-47-43-19-7-14-31-63(43)83-74(47)51)70(79-56-27-10-3-22-50(56)67-59(79)37-34-46-42-18-6-13-30-62(42)82-73(46)67)69(78-55-26-9-2-21-49(55)66-58(78)36-33-45-41-17-5-12-29-61(41)81-72(45)66)53(39-76)68(52)77-54-25-8-1-20-48(54)65-57(77)35-32-44-40-16-4-11-28-60(40)80-71(44)65/h1-37H. The maximum atomic E-state index is 12.8. The lowest BCUT2D eigenvalue weighted by Crippen LogP contribution is -2.14. The van der Waals surface area contributed by atoms with E-state index in [0.717, 1.165) is 157 Å². The topological polar surface area (TPSA) is 102 Å². The van der Waals surface area contributed by atoms with Gasteiger partial charge < -0.3 is 27.0 Å². The van der Waals surface area contributed by atoms with Crippen molar-refractivity contribution in [2.45, 2.75) is 0 Å².